The second-order valence-corrected chi connectivity index (χ2v) is 8.29. The van der Waals surface area contributed by atoms with E-state index >= 15 is 0 Å². The highest BCUT2D eigenvalue weighted by atomic mass is 16.2. The van der Waals surface area contributed by atoms with Crippen LogP contribution in [0.2, 0.25) is 0 Å². The number of hydrogen-bond donors (Lipinski definition) is 0. The molecule has 1 saturated carbocycles. The van der Waals surface area contributed by atoms with E-state index in [0.29, 0.717) is 12.3 Å². The average Bonchev–Trinajstić information content (AvgIpc) is 2.79. The molecule has 0 unspecified atom stereocenters. The molecule has 1 aliphatic carbocycles. The van der Waals surface area contributed by atoms with E-state index in [2.05, 4.69) is 58.3 Å². The molecular formula is C25H32N2O. The fourth-order valence-corrected chi connectivity index (χ4v) is 4.89. The molecule has 1 amide bonds. The van der Waals surface area contributed by atoms with Crippen LogP contribution in [-0.2, 0) is 4.79 Å². The first-order valence-electron chi connectivity index (χ1n) is 10.9. The maximum Gasteiger partial charge on any atom is 0.223 e. The van der Waals surface area contributed by atoms with Crippen LogP contribution < -0.4 is 0 Å². The number of piperazine rings is 1. The fourth-order valence-electron chi connectivity index (χ4n) is 4.89. The molecule has 2 aliphatic rings. The van der Waals surface area contributed by atoms with Gasteiger partial charge in [-0.05, 0) is 24.0 Å². The molecule has 148 valence electrons. The SMILES string of the molecule is O=C(CC(c1ccccc1)c1ccccc1)N1CCN(C2CCCCC2)CC1. The zero-order chi connectivity index (χ0) is 19.2. The maximum absolute atomic E-state index is 13.1. The first-order valence-corrected chi connectivity index (χ1v) is 10.9. The minimum Gasteiger partial charge on any atom is -0.340 e. The lowest BCUT2D eigenvalue weighted by Gasteiger charge is -2.41. The van der Waals surface area contributed by atoms with Gasteiger partial charge in [0.2, 0.25) is 5.91 Å². The van der Waals surface area contributed by atoms with E-state index in [-0.39, 0.29) is 5.92 Å². The summed E-state index contributed by atoms with van der Waals surface area (Å²) in [5.74, 6) is 0.423. The van der Waals surface area contributed by atoms with Crippen LogP contribution >= 0.6 is 0 Å². The molecule has 1 saturated heterocycles. The molecule has 0 aromatic heterocycles. The average molecular weight is 377 g/mol. The van der Waals surface area contributed by atoms with Crippen molar-refractivity contribution in [3.05, 3.63) is 71.8 Å². The van der Waals surface area contributed by atoms with Gasteiger partial charge in [0.15, 0.2) is 0 Å². The van der Waals surface area contributed by atoms with Crippen molar-refractivity contribution in [2.24, 2.45) is 0 Å². The van der Waals surface area contributed by atoms with Gasteiger partial charge < -0.3 is 4.90 Å². The smallest absolute Gasteiger partial charge is 0.223 e. The van der Waals surface area contributed by atoms with Gasteiger partial charge in [-0.2, -0.15) is 0 Å². The zero-order valence-corrected chi connectivity index (χ0v) is 16.8. The van der Waals surface area contributed by atoms with Crippen LogP contribution in [0.1, 0.15) is 55.6 Å². The quantitative estimate of drug-likeness (QED) is 0.756. The Bertz CT molecular complexity index is 692. The van der Waals surface area contributed by atoms with Crippen molar-refractivity contribution in [1.82, 2.24) is 9.80 Å². The van der Waals surface area contributed by atoms with Crippen molar-refractivity contribution in [3.63, 3.8) is 0 Å². The minimum absolute atomic E-state index is 0.131. The third kappa shape index (κ3) is 4.64. The van der Waals surface area contributed by atoms with Crippen molar-refractivity contribution >= 4 is 5.91 Å². The Kier molecular flexibility index (Phi) is 6.43. The number of hydrogen-bond acceptors (Lipinski definition) is 2. The largest absolute Gasteiger partial charge is 0.340 e. The van der Waals surface area contributed by atoms with E-state index in [1.165, 1.54) is 43.2 Å². The maximum atomic E-state index is 13.1. The molecular weight excluding hydrogens is 344 g/mol. The molecule has 0 bridgehead atoms. The lowest BCUT2D eigenvalue weighted by Crippen LogP contribution is -2.52. The van der Waals surface area contributed by atoms with Crippen LogP contribution in [0.25, 0.3) is 0 Å². The van der Waals surface area contributed by atoms with Crippen LogP contribution in [0.3, 0.4) is 0 Å². The Morgan fingerprint density at radius 2 is 1.32 bits per heavy atom. The molecule has 2 aromatic rings. The number of carbonyl (C=O) groups excluding carboxylic acids is 1. The van der Waals surface area contributed by atoms with E-state index in [4.69, 9.17) is 0 Å². The zero-order valence-electron chi connectivity index (χ0n) is 16.8. The van der Waals surface area contributed by atoms with Crippen LogP contribution in [0.4, 0.5) is 0 Å². The van der Waals surface area contributed by atoms with Gasteiger partial charge in [0.1, 0.15) is 0 Å². The summed E-state index contributed by atoms with van der Waals surface area (Å²) in [7, 11) is 0. The molecule has 4 rings (SSSR count). The lowest BCUT2D eigenvalue weighted by atomic mass is 9.88. The molecule has 2 aromatic carbocycles. The van der Waals surface area contributed by atoms with Crippen molar-refractivity contribution in [1.29, 1.82) is 0 Å². The van der Waals surface area contributed by atoms with Gasteiger partial charge in [-0.1, -0.05) is 79.9 Å². The van der Waals surface area contributed by atoms with E-state index in [9.17, 15) is 4.79 Å². The Hall–Kier alpha value is -2.13. The summed E-state index contributed by atoms with van der Waals surface area (Å²) in [5.41, 5.74) is 2.45. The van der Waals surface area contributed by atoms with Crippen molar-refractivity contribution in [2.45, 2.75) is 50.5 Å². The van der Waals surface area contributed by atoms with Gasteiger partial charge in [0.25, 0.3) is 0 Å². The molecule has 2 fully saturated rings. The van der Waals surface area contributed by atoms with Gasteiger partial charge in [0, 0.05) is 44.6 Å². The highest BCUT2D eigenvalue weighted by Crippen LogP contribution is 2.29. The standard InChI is InChI=1S/C25H32N2O/c28-25(27-18-16-26(17-19-27)23-14-8-3-9-15-23)20-24(21-10-4-1-5-11-21)22-12-6-2-7-13-22/h1-2,4-7,10-13,23-24H,3,8-9,14-20H2. The third-order valence-corrected chi connectivity index (χ3v) is 6.54. The molecule has 0 spiro atoms. The van der Waals surface area contributed by atoms with E-state index in [1.807, 2.05) is 12.1 Å². The predicted octanol–water partition coefficient (Wildman–Crippen LogP) is 4.69. The molecule has 0 atom stereocenters. The Morgan fingerprint density at radius 1 is 0.786 bits per heavy atom. The normalized spacial score (nSPS) is 19.1. The third-order valence-electron chi connectivity index (χ3n) is 6.54. The highest BCUT2D eigenvalue weighted by Gasteiger charge is 2.28. The summed E-state index contributed by atoms with van der Waals surface area (Å²) < 4.78 is 0. The van der Waals surface area contributed by atoms with Gasteiger partial charge in [0.05, 0.1) is 0 Å². The fraction of sp³-hybridized carbons (Fsp3) is 0.480. The molecule has 3 nitrogen and oxygen atoms in total. The second-order valence-electron chi connectivity index (χ2n) is 8.29. The van der Waals surface area contributed by atoms with E-state index < -0.39 is 0 Å². The van der Waals surface area contributed by atoms with Crippen LogP contribution in [0.5, 0.6) is 0 Å². The van der Waals surface area contributed by atoms with Gasteiger partial charge in [-0.25, -0.2) is 0 Å². The predicted molar refractivity (Wildman–Crippen MR) is 114 cm³/mol. The summed E-state index contributed by atoms with van der Waals surface area (Å²) >= 11 is 0. The van der Waals surface area contributed by atoms with Gasteiger partial charge in [-0.3, -0.25) is 9.69 Å². The number of rotatable bonds is 5. The monoisotopic (exact) mass is 376 g/mol. The molecule has 1 heterocycles. The second kappa shape index (κ2) is 9.38. The van der Waals surface area contributed by atoms with Crippen molar-refractivity contribution in [3.8, 4) is 0 Å². The summed E-state index contributed by atoms with van der Waals surface area (Å²) in [4.78, 5) is 17.9. The first kappa shape index (κ1) is 19.2. The van der Waals surface area contributed by atoms with E-state index in [1.54, 1.807) is 0 Å². The highest BCUT2D eigenvalue weighted by molar-refractivity contribution is 5.78. The van der Waals surface area contributed by atoms with Crippen LogP contribution in [0, 0.1) is 0 Å². The Labute approximate surface area is 169 Å². The number of nitrogens with zero attached hydrogens (tertiary/aromatic N) is 2. The van der Waals surface area contributed by atoms with Crippen molar-refractivity contribution in [2.75, 3.05) is 26.2 Å². The van der Waals surface area contributed by atoms with Crippen LogP contribution in [0.15, 0.2) is 60.7 Å². The van der Waals surface area contributed by atoms with Crippen molar-refractivity contribution < 1.29 is 4.79 Å². The first-order chi connectivity index (χ1) is 13.8. The summed E-state index contributed by atoms with van der Waals surface area (Å²) in [6.07, 6.45) is 7.39. The number of carbonyl (C=O) groups is 1. The summed E-state index contributed by atoms with van der Waals surface area (Å²) in [5, 5.41) is 0. The number of amides is 1. The molecule has 3 heteroatoms. The molecule has 28 heavy (non-hydrogen) atoms. The van der Waals surface area contributed by atoms with Gasteiger partial charge >= 0.3 is 0 Å². The lowest BCUT2D eigenvalue weighted by molar-refractivity contribution is -0.133. The Morgan fingerprint density at radius 3 is 1.86 bits per heavy atom. The summed E-state index contributed by atoms with van der Waals surface area (Å²) in [6.45, 7) is 3.84. The van der Waals surface area contributed by atoms with Crippen LogP contribution in [-0.4, -0.2) is 47.9 Å². The molecule has 1 aliphatic heterocycles. The van der Waals surface area contributed by atoms with Gasteiger partial charge in [-0.15, -0.1) is 0 Å². The molecule has 0 radical (unpaired) electrons. The topological polar surface area (TPSA) is 23.6 Å². The summed E-state index contributed by atoms with van der Waals surface area (Å²) in [6, 6.07) is 21.7. The Balaban J connectivity index is 1.40. The minimum atomic E-state index is 0.131. The van der Waals surface area contributed by atoms with E-state index in [0.717, 1.165) is 32.2 Å². The molecule has 0 N–H and O–H groups in total. The number of benzene rings is 2.